The topological polar surface area (TPSA) is 79.0 Å². The largest absolute Gasteiger partial charge is 0.495 e. The number of anilines is 1. The van der Waals surface area contributed by atoms with E-state index >= 15 is 0 Å². The molecule has 0 atom stereocenters. The fourth-order valence-electron chi connectivity index (χ4n) is 2.82. The van der Waals surface area contributed by atoms with E-state index in [4.69, 9.17) is 4.74 Å². The number of sulfonamides is 1. The van der Waals surface area contributed by atoms with Crippen molar-refractivity contribution in [3.8, 4) is 5.75 Å². The van der Waals surface area contributed by atoms with E-state index in [1.54, 1.807) is 47.4 Å². The fourth-order valence-corrected chi connectivity index (χ4v) is 4.26. The van der Waals surface area contributed by atoms with Gasteiger partial charge in [0.15, 0.2) is 0 Å². The molecule has 0 spiro atoms. The van der Waals surface area contributed by atoms with Crippen molar-refractivity contribution in [2.45, 2.75) is 4.90 Å². The molecule has 0 aliphatic carbocycles. The van der Waals surface area contributed by atoms with Gasteiger partial charge in [-0.05, 0) is 24.3 Å². The van der Waals surface area contributed by atoms with E-state index in [0.717, 1.165) is 0 Å². The molecule has 138 valence electrons. The molecule has 1 saturated heterocycles. The lowest BCUT2D eigenvalue weighted by Crippen LogP contribution is -2.51. The third-order valence-electron chi connectivity index (χ3n) is 4.26. The number of carbonyl (C=O) groups excluding carboxylic acids is 1. The van der Waals surface area contributed by atoms with Crippen molar-refractivity contribution in [1.29, 1.82) is 0 Å². The molecule has 2 aromatic carbocycles. The van der Waals surface area contributed by atoms with Crippen molar-refractivity contribution < 1.29 is 17.9 Å². The van der Waals surface area contributed by atoms with Crippen LogP contribution in [0, 0.1) is 0 Å². The van der Waals surface area contributed by atoms with Crippen LogP contribution in [0.15, 0.2) is 59.5 Å². The second-order valence-electron chi connectivity index (χ2n) is 5.83. The molecule has 26 heavy (non-hydrogen) atoms. The molecule has 7 nitrogen and oxygen atoms in total. The average molecular weight is 375 g/mol. The maximum atomic E-state index is 12.6. The zero-order chi connectivity index (χ0) is 18.6. The highest BCUT2D eigenvalue weighted by atomic mass is 32.2. The Balaban J connectivity index is 1.62. The first-order chi connectivity index (χ1) is 12.5. The molecular formula is C18H21N3O4S. The predicted octanol–water partition coefficient (Wildman–Crippen LogP) is 2.23. The molecule has 2 aromatic rings. The second kappa shape index (κ2) is 7.76. The van der Waals surface area contributed by atoms with Crippen molar-refractivity contribution in [2.24, 2.45) is 0 Å². The summed E-state index contributed by atoms with van der Waals surface area (Å²) in [5.41, 5.74) is 0.583. The van der Waals surface area contributed by atoms with E-state index in [1.807, 2.05) is 12.1 Å². The van der Waals surface area contributed by atoms with Gasteiger partial charge in [-0.2, -0.15) is 4.31 Å². The van der Waals surface area contributed by atoms with Gasteiger partial charge in [0.2, 0.25) is 10.0 Å². The van der Waals surface area contributed by atoms with Crippen LogP contribution in [0.3, 0.4) is 0 Å². The summed E-state index contributed by atoms with van der Waals surface area (Å²) < 4.78 is 31.9. The minimum absolute atomic E-state index is 0.260. The number of urea groups is 1. The number of piperazine rings is 1. The monoisotopic (exact) mass is 375 g/mol. The summed E-state index contributed by atoms with van der Waals surface area (Å²) in [7, 11) is -1.99. The third-order valence-corrected chi connectivity index (χ3v) is 6.17. The summed E-state index contributed by atoms with van der Waals surface area (Å²) in [6.45, 7) is 1.17. The van der Waals surface area contributed by atoms with Crippen molar-refractivity contribution in [3.63, 3.8) is 0 Å². The zero-order valence-electron chi connectivity index (χ0n) is 14.5. The third kappa shape index (κ3) is 3.81. The number of hydrogen-bond acceptors (Lipinski definition) is 4. The minimum atomic E-state index is -3.53. The Labute approximate surface area is 153 Å². The summed E-state index contributed by atoms with van der Waals surface area (Å²) in [6, 6.07) is 15.2. The van der Waals surface area contributed by atoms with Crippen LogP contribution in [-0.2, 0) is 10.0 Å². The molecule has 1 aliphatic heterocycles. The number of carbonyl (C=O) groups is 1. The van der Waals surface area contributed by atoms with Crippen LogP contribution in [-0.4, -0.2) is 56.9 Å². The first kappa shape index (κ1) is 18.2. The Morgan fingerprint density at radius 3 is 2.23 bits per heavy atom. The number of para-hydroxylation sites is 2. The Morgan fingerprint density at radius 1 is 0.962 bits per heavy atom. The fraction of sp³-hybridized carbons (Fsp3) is 0.278. The van der Waals surface area contributed by atoms with Gasteiger partial charge in [0.05, 0.1) is 17.7 Å². The van der Waals surface area contributed by atoms with E-state index in [1.165, 1.54) is 11.4 Å². The highest BCUT2D eigenvalue weighted by molar-refractivity contribution is 7.89. The molecule has 0 bridgehead atoms. The van der Waals surface area contributed by atoms with Crippen LogP contribution in [0.25, 0.3) is 0 Å². The highest BCUT2D eigenvalue weighted by Crippen LogP contribution is 2.24. The Kier molecular flexibility index (Phi) is 5.43. The van der Waals surface area contributed by atoms with Crippen molar-refractivity contribution in [3.05, 3.63) is 54.6 Å². The maximum absolute atomic E-state index is 12.6. The number of amides is 2. The predicted molar refractivity (Wildman–Crippen MR) is 98.8 cm³/mol. The Morgan fingerprint density at radius 2 is 1.58 bits per heavy atom. The van der Waals surface area contributed by atoms with Crippen molar-refractivity contribution >= 4 is 21.7 Å². The van der Waals surface area contributed by atoms with Crippen LogP contribution in [0.2, 0.25) is 0 Å². The van der Waals surface area contributed by atoms with Gasteiger partial charge >= 0.3 is 6.03 Å². The van der Waals surface area contributed by atoms with Gasteiger partial charge in [0.1, 0.15) is 5.75 Å². The number of nitrogens with one attached hydrogen (secondary N) is 1. The number of rotatable bonds is 4. The molecule has 1 heterocycles. The molecule has 8 heteroatoms. The van der Waals surface area contributed by atoms with Crippen molar-refractivity contribution in [2.75, 3.05) is 38.6 Å². The molecular weight excluding hydrogens is 354 g/mol. The normalized spacial score (nSPS) is 15.5. The van der Waals surface area contributed by atoms with Gasteiger partial charge in [0.25, 0.3) is 0 Å². The van der Waals surface area contributed by atoms with E-state index in [0.29, 0.717) is 24.5 Å². The number of nitrogens with zero attached hydrogens (tertiary/aromatic N) is 2. The molecule has 0 unspecified atom stereocenters. The van der Waals surface area contributed by atoms with Crippen LogP contribution >= 0.6 is 0 Å². The summed E-state index contributed by atoms with van der Waals surface area (Å²) in [5.74, 6) is 0.575. The Bertz CT molecular complexity index is 863. The zero-order valence-corrected chi connectivity index (χ0v) is 15.3. The lowest BCUT2D eigenvalue weighted by Gasteiger charge is -2.34. The smallest absolute Gasteiger partial charge is 0.322 e. The summed E-state index contributed by atoms with van der Waals surface area (Å²) in [5, 5.41) is 2.81. The lowest BCUT2D eigenvalue weighted by atomic mass is 10.3. The first-order valence-corrected chi connectivity index (χ1v) is 9.70. The number of hydrogen-bond donors (Lipinski definition) is 1. The molecule has 2 amide bonds. The maximum Gasteiger partial charge on any atom is 0.322 e. The second-order valence-corrected chi connectivity index (χ2v) is 7.77. The van der Waals surface area contributed by atoms with Crippen LogP contribution < -0.4 is 10.1 Å². The minimum Gasteiger partial charge on any atom is -0.495 e. The van der Waals surface area contributed by atoms with E-state index in [2.05, 4.69) is 5.32 Å². The van der Waals surface area contributed by atoms with Gasteiger partial charge in [-0.15, -0.1) is 0 Å². The molecule has 0 saturated carbocycles. The first-order valence-electron chi connectivity index (χ1n) is 8.26. The average Bonchev–Trinajstić information content (AvgIpc) is 2.69. The SMILES string of the molecule is COc1ccccc1NC(=O)N1CCN(S(=O)(=O)c2ccccc2)CC1. The van der Waals surface area contributed by atoms with Crippen LogP contribution in [0.4, 0.5) is 10.5 Å². The van der Waals surface area contributed by atoms with Crippen molar-refractivity contribution in [1.82, 2.24) is 9.21 Å². The quantitative estimate of drug-likeness (QED) is 0.889. The molecule has 1 fully saturated rings. The summed E-state index contributed by atoms with van der Waals surface area (Å²) in [4.78, 5) is 14.3. The Hall–Kier alpha value is -2.58. The molecule has 0 aromatic heterocycles. The molecule has 0 radical (unpaired) electrons. The standard InChI is InChI=1S/C18H21N3O4S/c1-25-17-10-6-5-9-16(17)19-18(22)20-11-13-21(14-12-20)26(23,24)15-7-3-2-4-8-15/h2-10H,11-14H2,1H3,(H,19,22). The van der Waals surface area contributed by atoms with Gasteiger partial charge in [-0.25, -0.2) is 13.2 Å². The number of ether oxygens (including phenoxy) is 1. The summed E-state index contributed by atoms with van der Waals surface area (Å²) in [6.07, 6.45) is 0. The molecule has 1 N–H and O–H groups in total. The van der Waals surface area contributed by atoms with E-state index in [9.17, 15) is 13.2 Å². The molecule has 1 aliphatic rings. The van der Waals surface area contributed by atoms with Gasteiger partial charge < -0.3 is 15.0 Å². The van der Waals surface area contributed by atoms with Gasteiger partial charge in [0, 0.05) is 26.2 Å². The molecule has 3 rings (SSSR count). The van der Waals surface area contributed by atoms with E-state index < -0.39 is 10.0 Å². The lowest BCUT2D eigenvalue weighted by molar-refractivity contribution is 0.184. The van der Waals surface area contributed by atoms with Crippen LogP contribution in [0.5, 0.6) is 5.75 Å². The number of benzene rings is 2. The highest BCUT2D eigenvalue weighted by Gasteiger charge is 2.30. The number of methoxy groups -OCH3 is 1. The summed E-state index contributed by atoms with van der Waals surface area (Å²) >= 11 is 0. The van der Waals surface area contributed by atoms with Gasteiger partial charge in [-0.3, -0.25) is 0 Å². The van der Waals surface area contributed by atoms with E-state index in [-0.39, 0.29) is 24.0 Å². The van der Waals surface area contributed by atoms with Crippen LogP contribution in [0.1, 0.15) is 0 Å². The van der Waals surface area contributed by atoms with Gasteiger partial charge in [-0.1, -0.05) is 30.3 Å².